The van der Waals surface area contributed by atoms with E-state index in [0.717, 1.165) is 47.1 Å². The summed E-state index contributed by atoms with van der Waals surface area (Å²) in [6.07, 6.45) is 9.10. The molecule has 40 heavy (non-hydrogen) atoms. The molecule has 0 bridgehead atoms. The molecule has 7 nitrogen and oxygen atoms in total. The number of nitrogens with zero attached hydrogens (tertiary/aromatic N) is 4. The number of halogens is 1. The van der Waals surface area contributed by atoms with Crippen LogP contribution in [0.25, 0.3) is 11.8 Å². The SMILES string of the molecule is Cc1cn(-c2ccc(/C=C3\CC4(COC4)CN4C3=NOC4(CO)c3ccc(F)c([Si](C)(C)C)c3)c3c2CC3)cn1. The lowest BCUT2D eigenvalue weighted by atomic mass is 9.74. The molecule has 1 atom stereocenters. The van der Waals surface area contributed by atoms with Crippen molar-refractivity contribution in [2.24, 2.45) is 10.6 Å². The number of aryl methyl sites for hydroxylation is 1. The molecule has 7 rings (SSSR count). The van der Waals surface area contributed by atoms with Crippen molar-refractivity contribution in [3.05, 3.63) is 82.2 Å². The van der Waals surface area contributed by atoms with Gasteiger partial charge in [-0.25, -0.2) is 9.37 Å². The Morgan fingerprint density at radius 2 is 1.93 bits per heavy atom. The van der Waals surface area contributed by atoms with Gasteiger partial charge < -0.3 is 24.1 Å². The maximum atomic E-state index is 14.9. The van der Waals surface area contributed by atoms with Gasteiger partial charge in [0.2, 0.25) is 0 Å². The second kappa shape index (κ2) is 8.86. The molecular weight excluding hydrogens is 523 g/mol. The van der Waals surface area contributed by atoms with Crippen LogP contribution in [0.4, 0.5) is 4.39 Å². The zero-order valence-electron chi connectivity index (χ0n) is 23.5. The van der Waals surface area contributed by atoms with E-state index in [9.17, 15) is 9.50 Å². The van der Waals surface area contributed by atoms with Gasteiger partial charge in [-0.05, 0) is 77.9 Å². The number of aliphatic hydroxyl groups is 1. The van der Waals surface area contributed by atoms with Gasteiger partial charge in [-0.3, -0.25) is 0 Å². The summed E-state index contributed by atoms with van der Waals surface area (Å²) in [5, 5.41) is 16.2. The fourth-order valence-corrected chi connectivity index (χ4v) is 8.01. The number of aliphatic hydroxyl groups excluding tert-OH is 1. The third-order valence-corrected chi connectivity index (χ3v) is 11.0. The van der Waals surface area contributed by atoms with Gasteiger partial charge in [-0.2, -0.15) is 0 Å². The van der Waals surface area contributed by atoms with Crippen LogP contribution in [0.1, 0.15) is 34.4 Å². The highest BCUT2D eigenvalue weighted by molar-refractivity contribution is 6.88. The largest absolute Gasteiger partial charge is 0.390 e. The van der Waals surface area contributed by atoms with Gasteiger partial charge >= 0.3 is 0 Å². The Hall–Kier alpha value is -3.27. The molecule has 2 fully saturated rings. The minimum absolute atomic E-state index is 0.0814. The fraction of sp³-hybridized carbons (Fsp3) is 0.419. The van der Waals surface area contributed by atoms with E-state index < -0.39 is 13.8 Å². The number of amidine groups is 1. The van der Waals surface area contributed by atoms with Gasteiger partial charge in [0.05, 0.1) is 33.3 Å². The lowest BCUT2D eigenvalue weighted by Gasteiger charge is -2.51. The van der Waals surface area contributed by atoms with E-state index in [1.165, 1.54) is 28.4 Å². The number of aromatic nitrogens is 2. The second-order valence-corrected chi connectivity index (χ2v) is 17.9. The summed E-state index contributed by atoms with van der Waals surface area (Å²) in [4.78, 5) is 12.7. The average molecular weight is 559 g/mol. The molecule has 4 aliphatic rings. The van der Waals surface area contributed by atoms with Crippen LogP contribution in [-0.2, 0) is 28.1 Å². The van der Waals surface area contributed by atoms with Crippen LogP contribution >= 0.6 is 0 Å². The van der Waals surface area contributed by atoms with E-state index in [-0.39, 0.29) is 17.8 Å². The molecule has 2 saturated heterocycles. The first-order valence-corrected chi connectivity index (χ1v) is 17.5. The van der Waals surface area contributed by atoms with E-state index in [0.29, 0.717) is 19.8 Å². The number of hydrogen-bond donors (Lipinski definition) is 1. The van der Waals surface area contributed by atoms with Crippen LogP contribution in [0.5, 0.6) is 0 Å². The Morgan fingerprint density at radius 3 is 2.55 bits per heavy atom. The minimum atomic E-state index is -1.98. The van der Waals surface area contributed by atoms with E-state index in [4.69, 9.17) is 9.57 Å². The van der Waals surface area contributed by atoms with Crippen molar-refractivity contribution in [3.63, 3.8) is 0 Å². The van der Waals surface area contributed by atoms with Crippen molar-refractivity contribution in [2.45, 2.75) is 51.6 Å². The van der Waals surface area contributed by atoms with Gasteiger partial charge in [-0.1, -0.05) is 36.9 Å². The molecule has 1 unspecified atom stereocenters. The Bertz CT molecular complexity index is 1590. The molecule has 3 aliphatic heterocycles. The van der Waals surface area contributed by atoms with E-state index >= 15 is 0 Å². The summed E-state index contributed by atoms with van der Waals surface area (Å²) in [6, 6.07) is 9.49. The van der Waals surface area contributed by atoms with Crippen molar-refractivity contribution in [1.82, 2.24) is 14.5 Å². The van der Waals surface area contributed by atoms with Crippen molar-refractivity contribution in [1.29, 1.82) is 0 Å². The highest BCUT2D eigenvalue weighted by Gasteiger charge is 2.56. The first-order chi connectivity index (χ1) is 19.1. The van der Waals surface area contributed by atoms with Crippen LogP contribution in [0.2, 0.25) is 19.6 Å². The van der Waals surface area contributed by atoms with Crippen LogP contribution in [0.3, 0.4) is 0 Å². The molecule has 1 aliphatic carbocycles. The summed E-state index contributed by atoms with van der Waals surface area (Å²) in [7, 11) is -1.98. The number of piperidine rings is 1. The number of imidazole rings is 1. The first-order valence-electron chi connectivity index (χ1n) is 14.0. The van der Waals surface area contributed by atoms with E-state index in [1.54, 1.807) is 6.07 Å². The predicted octanol–water partition coefficient (Wildman–Crippen LogP) is 4.26. The topological polar surface area (TPSA) is 72.1 Å². The molecule has 1 N–H and O–H groups in total. The predicted molar refractivity (Wildman–Crippen MR) is 155 cm³/mol. The summed E-state index contributed by atoms with van der Waals surface area (Å²) >= 11 is 0. The van der Waals surface area contributed by atoms with E-state index in [1.807, 2.05) is 19.3 Å². The van der Waals surface area contributed by atoms with Crippen molar-refractivity contribution < 1.29 is 19.1 Å². The van der Waals surface area contributed by atoms with Gasteiger partial charge in [0.25, 0.3) is 5.72 Å². The lowest BCUT2D eigenvalue weighted by Crippen LogP contribution is -2.61. The third-order valence-electron chi connectivity index (χ3n) is 8.96. The number of benzene rings is 2. The number of rotatable bonds is 5. The standard InChI is InChI=1S/C31H35FN4O3Si/c1-20-14-35(19-33-20)27-10-5-21(24-7-8-25(24)27)11-22-13-30(17-38-18-30)15-36-29(22)34-39-31(36,16-37)23-6-9-26(32)28(12-23)40(2,3)4/h5-6,9-12,14,19,37H,7-8,13,15-18H2,1-4H3/b22-11+. The summed E-state index contributed by atoms with van der Waals surface area (Å²) < 4.78 is 22.7. The maximum Gasteiger partial charge on any atom is 0.260 e. The molecule has 1 aromatic heterocycles. The molecule has 9 heteroatoms. The summed E-state index contributed by atoms with van der Waals surface area (Å²) in [6.45, 7) is 10.0. The highest BCUT2D eigenvalue weighted by atomic mass is 28.3. The molecule has 0 saturated carbocycles. The zero-order valence-corrected chi connectivity index (χ0v) is 24.5. The molecule has 0 amide bonds. The van der Waals surface area contributed by atoms with Gasteiger partial charge in [0, 0.05) is 29.4 Å². The van der Waals surface area contributed by atoms with Crippen LogP contribution in [0.15, 0.2) is 53.6 Å². The number of hydrogen-bond acceptors (Lipinski definition) is 6. The number of ether oxygens (including phenoxy) is 1. The molecule has 2 aromatic carbocycles. The Balaban J connectivity index is 1.29. The Labute approximate surface area is 234 Å². The minimum Gasteiger partial charge on any atom is -0.390 e. The van der Waals surface area contributed by atoms with Gasteiger partial charge in [0.15, 0.2) is 5.84 Å². The van der Waals surface area contributed by atoms with Gasteiger partial charge in [-0.15, -0.1) is 0 Å². The monoisotopic (exact) mass is 558 g/mol. The quantitative estimate of drug-likeness (QED) is 0.474. The molecule has 0 radical (unpaired) electrons. The third kappa shape index (κ3) is 3.82. The van der Waals surface area contributed by atoms with E-state index in [2.05, 4.69) is 63.7 Å². The lowest BCUT2D eigenvalue weighted by molar-refractivity contribution is -0.178. The molecule has 1 spiro atoms. The average Bonchev–Trinajstić information content (AvgIpc) is 3.47. The maximum absolute atomic E-state index is 14.9. The number of fused-ring (bicyclic) bond motifs is 2. The smallest absolute Gasteiger partial charge is 0.260 e. The van der Waals surface area contributed by atoms with Crippen LogP contribution in [0, 0.1) is 18.2 Å². The number of oxime groups is 1. The summed E-state index contributed by atoms with van der Waals surface area (Å²) in [5.41, 5.74) is 6.63. The van der Waals surface area contributed by atoms with Crippen LogP contribution in [-0.4, -0.2) is 59.8 Å². The van der Waals surface area contributed by atoms with Crippen LogP contribution < -0.4 is 5.19 Å². The molecule has 3 aromatic rings. The second-order valence-electron chi connectivity index (χ2n) is 12.9. The molecular formula is C31H35FN4O3Si. The van der Waals surface area contributed by atoms with Crippen molar-refractivity contribution in [3.8, 4) is 5.69 Å². The fourth-order valence-electron chi connectivity index (χ4n) is 6.62. The molecule has 4 heterocycles. The summed E-state index contributed by atoms with van der Waals surface area (Å²) in [5.74, 6) is 0.540. The highest BCUT2D eigenvalue weighted by Crippen LogP contribution is 2.48. The molecule has 208 valence electrons. The normalized spacial score (nSPS) is 23.8. The van der Waals surface area contributed by atoms with Crippen molar-refractivity contribution >= 4 is 25.2 Å². The van der Waals surface area contributed by atoms with Crippen molar-refractivity contribution in [2.75, 3.05) is 26.4 Å². The Morgan fingerprint density at radius 1 is 1.12 bits per heavy atom. The zero-order chi connectivity index (χ0) is 27.9. The first kappa shape index (κ1) is 25.7. The Kier molecular flexibility index (Phi) is 5.69. The van der Waals surface area contributed by atoms with Gasteiger partial charge in [0.1, 0.15) is 12.4 Å².